The number of carbonyl (C=O) groups is 3. The summed E-state index contributed by atoms with van der Waals surface area (Å²) in [5.74, 6) is -2.97. The van der Waals surface area contributed by atoms with E-state index in [4.69, 9.17) is 14.2 Å². The predicted molar refractivity (Wildman–Crippen MR) is 138 cm³/mol. The maximum atomic E-state index is 13.0. The van der Waals surface area contributed by atoms with Gasteiger partial charge in [0.2, 0.25) is 5.91 Å². The number of hydrogen-bond acceptors (Lipinski definition) is 6. The van der Waals surface area contributed by atoms with Gasteiger partial charge in [0.05, 0.1) is 6.61 Å². The summed E-state index contributed by atoms with van der Waals surface area (Å²) in [4.78, 5) is 37.5. The second-order valence-electron chi connectivity index (χ2n) is 9.97. The number of carbonyl (C=O) groups excluding carboxylic acids is 2. The van der Waals surface area contributed by atoms with Gasteiger partial charge in [0.1, 0.15) is 12.6 Å². The molecule has 2 aromatic rings. The Morgan fingerprint density at radius 2 is 1.51 bits per heavy atom. The summed E-state index contributed by atoms with van der Waals surface area (Å²) < 4.78 is 16.2. The zero-order valence-electron chi connectivity index (χ0n) is 21.9. The number of alkyl carbamates (subject to hydrolysis) is 1. The zero-order valence-corrected chi connectivity index (χ0v) is 21.9. The van der Waals surface area contributed by atoms with Crippen molar-refractivity contribution in [1.82, 2.24) is 10.6 Å². The van der Waals surface area contributed by atoms with E-state index >= 15 is 0 Å². The molecule has 0 saturated carbocycles. The lowest BCUT2D eigenvalue weighted by atomic mass is 9.98. The molecule has 1 aliphatic carbocycles. The highest BCUT2D eigenvalue weighted by Crippen LogP contribution is 2.44. The summed E-state index contributed by atoms with van der Waals surface area (Å²) in [6.07, 6.45) is -0.446. The van der Waals surface area contributed by atoms with Crippen molar-refractivity contribution in [2.24, 2.45) is 5.92 Å². The molecule has 0 spiro atoms. The van der Waals surface area contributed by atoms with Crippen molar-refractivity contribution in [3.63, 3.8) is 0 Å². The number of rotatable bonds is 12. The number of nitrogens with one attached hydrogen (secondary N) is 2. The summed E-state index contributed by atoms with van der Waals surface area (Å²) in [6, 6.07) is 13.7. The van der Waals surface area contributed by atoms with Crippen LogP contribution in [0.15, 0.2) is 48.5 Å². The van der Waals surface area contributed by atoms with Crippen molar-refractivity contribution in [2.45, 2.75) is 57.9 Å². The maximum Gasteiger partial charge on any atom is 0.407 e. The first-order valence-electron chi connectivity index (χ1n) is 12.4. The molecule has 200 valence electrons. The summed E-state index contributed by atoms with van der Waals surface area (Å²) in [7, 11) is 1.44. The molecule has 0 fully saturated rings. The van der Waals surface area contributed by atoms with Crippen LogP contribution < -0.4 is 10.6 Å². The van der Waals surface area contributed by atoms with Gasteiger partial charge < -0.3 is 30.0 Å². The van der Waals surface area contributed by atoms with E-state index in [2.05, 4.69) is 10.6 Å². The number of benzene rings is 2. The summed E-state index contributed by atoms with van der Waals surface area (Å²) in [5.41, 5.74) is 4.39. The molecule has 2 atom stereocenters. The van der Waals surface area contributed by atoms with Gasteiger partial charge >= 0.3 is 12.1 Å². The minimum absolute atomic E-state index is 0.0524. The molecule has 0 heterocycles. The van der Waals surface area contributed by atoms with Crippen LogP contribution in [0.4, 0.5) is 4.79 Å². The first-order chi connectivity index (χ1) is 17.5. The molecule has 2 amide bonds. The third-order valence-corrected chi connectivity index (χ3v) is 6.36. The Bertz CT molecular complexity index is 1070. The van der Waals surface area contributed by atoms with Gasteiger partial charge in [0.25, 0.3) is 0 Å². The second kappa shape index (κ2) is 12.2. The van der Waals surface area contributed by atoms with Gasteiger partial charge in [0, 0.05) is 13.0 Å². The van der Waals surface area contributed by atoms with Crippen LogP contribution in [0.2, 0.25) is 0 Å². The van der Waals surface area contributed by atoms with E-state index in [-0.39, 0.29) is 25.0 Å². The molecule has 0 unspecified atom stereocenters. The Morgan fingerprint density at radius 3 is 2.03 bits per heavy atom. The highest BCUT2D eigenvalue weighted by molar-refractivity contribution is 5.89. The average Bonchev–Trinajstić information content (AvgIpc) is 3.18. The maximum absolute atomic E-state index is 13.0. The predicted octanol–water partition coefficient (Wildman–Crippen LogP) is 3.91. The van der Waals surface area contributed by atoms with Gasteiger partial charge in [-0.15, -0.1) is 0 Å². The quantitative estimate of drug-likeness (QED) is 0.369. The lowest BCUT2D eigenvalue weighted by molar-refractivity contribution is -0.202. The Labute approximate surface area is 217 Å². The molecule has 3 rings (SSSR count). The number of amides is 2. The molecule has 9 heteroatoms. The Balaban J connectivity index is 1.64. The third-order valence-electron chi connectivity index (χ3n) is 6.36. The molecule has 2 aromatic carbocycles. The van der Waals surface area contributed by atoms with Gasteiger partial charge in [-0.1, -0.05) is 62.4 Å². The largest absolute Gasteiger partial charge is 0.480 e. The van der Waals surface area contributed by atoms with Crippen LogP contribution in [0.1, 0.15) is 51.2 Å². The molecule has 9 nitrogen and oxygen atoms in total. The highest BCUT2D eigenvalue weighted by Gasteiger charge is 2.32. The molecule has 3 N–H and O–H groups in total. The fourth-order valence-corrected chi connectivity index (χ4v) is 4.28. The van der Waals surface area contributed by atoms with Crippen LogP contribution in [0.25, 0.3) is 11.1 Å². The van der Waals surface area contributed by atoms with Gasteiger partial charge in [-0.25, -0.2) is 9.59 Å². The van der Waals surface area contributed by atoms with Crippen LogP contribution in [-0.2, 0) is 23.8 Å². The van der Waals surface area contributed by atoms with E-state index in [1.807, 2.05) is 62.4 Å². The SMILES string of the molecule is COC(C)(C)OC[C@H](NC(=O)[C@H](CC(C)C)NC(=O)OCC1c2ccccc2-c2ccccc21)C(=O)O. The van der Waals surface area contributed by atoms with E-state index in [1.54, 1.807) is 13.8 Å². The van der Waals surface area contributed by atoms with Gasteiger partial charge in [-0.05, 0) is 48.4 Å². The van der Waals surface area contributed by atoms with Crippen LogP contribution >= 0.6 is 0 Å². The molecule has 0 bridgehead atoms. The summed E-state index contributed by atoms with van der Waals surface area (Å²) in [6.45, 7) is 6.87. The van der Waals surface area contributed by atoms with E-state index < -0.39 is 35.8 Å². The van der Waals surface area contributed by atoms with Crippen LogP contribution in [0.3, 0.4) is 0 Å². The van der Waals surface area contributed by atoms with Crippen molar-refractivity contribution in [3.8, 4) is 11.1 Å². The van der Waals surface area contributed by atoms with Gasteiger partial charge in [-0.3, -0.25) is 4.79 Å². The normalized spacial score (nSPS) is 14.4. The first-order valence-corrected chi connectivity index (χ1v) is 12.4. The zero-order chi connectivity index (χ0) is 27.2. The van der Waals surface area contributed by atoms with Crippen LogP contribution in [0.5, 0.6) is 0 Å². The number of carboxylic acids is 1. The molecule has 1 aliphatic rings. The topological polar surface area (TPSA) is 123 Å². The standard InChI is InChI=1S/C28H36N2O7/c1-17(2)14-23(25(31)29-24(26(32)33)16-37-28(3,4)35-5)30-27(34)36-15-22-20-12-8-6-10-18(20)19-11-7-9-13-21(19)22/h6-13,17,22-24H,14-16H2,1-5H3,(H,29,31)(H,30,34)(H,32,33)/t23-,24-/m0/s1. The van der Waals surface area contributed by atoms with Gasteiger partial charge in [-0.2, -0.15) is 0 Å². The van der Waals surface area contributed by atoms with Crippen molar-refractivity contribution in [3.05, 3.63) is 59.7 Å². The smallest absolute Gasteiger partial charge is 0.407 e. The minimum atomic E-state index is -1.32. The fraction of sp³-hybridized carbons (Fsp3) is 0.464. The van der Waals surface area contributed by atoms with Crippen molar-refractivity contribution in [1.29, 1.82) is 0 Å². The van der Waals surface area contributed by atoms with E-state index in [0.717, 1.165) is 22.3 Å². The number of aliphatic carboxylic acids is 1. The third kappa shape index (κ3) is 7.30. The number of fused-ring (bicyclic) bond motifs is 3. The lowest BCUT2D eigenvalue weighted by Crippen LogP contribution is -2.54. The summed E-state index contributed by atoms with van der Waals surface area (Å²) >= 11 is 0. The van der Waals surface area contributed by atoms with E-state index in [0.29, 0.717) is 6.42 Å². The minimum Gasteiger partial charge on any atom is -0.480 e. The fourth-order valence-electron chi connectivity index (χ4n) is 4.28. The van der Waals surface area contributed by atoms with Crippen molar-refractivity contribution >= 4 is 18.0 Å². The Morgan fingerprint density at radius 1 is 0.946 bits per heavy atom. The molecule has 0 saturated heterocycles. The van der Waals surface area contributed by atoms with Crippen LogP contribution in [0, 0.1) is 5.92 Å². The number of ether oxygens (including phenoxy) is 3. The number of carboxylic acid groups (broad SMARTS) is 1. The van der Waals surface area contributed by atoms with Crippen LogP contribution in [-0.4, -0.2) is 61.3 Å². The number of hydrogen-bond donors (Lipinski definition) is 3. The molecular formula is C28H36N2O7. The van der Waals surface area contributed by atoms with Gasteiger partial charge in [0.15, 0.2) is 11.8 Å². The Hall–Kier alpha value is -3.43. The molecule has 37 heavy (non-hydrogen) atoms. The van der Waals surface area contributed by atoms with Crippen molar-refractivity contribution < 1.29 is 33.7 Å². The lowest BCUT2D eigenvalue weighted by Gasteiger charge is -2.27. The monoisotopic (exact) mass is 512 g/mol. The van der Waals surface area contributed by atoms with Crippen molar-refractivity contribution in [2.75, 3.05) is 20.3 Å². The molecule has 0 aromatic heterocycles. The number of methoxy groups -OCH3 is 1. The highest BCUT2D eigenvalue weighted by atomic mass is 16.7. The average molecular weight is 513 g/mol. The second-order valence-corrected chi connectivity index (χ2v) is 9.97. The molecule has 0 radical (unpaired) electrons. The Kier molecular flexibility index (Phi) is 9.29. The molecule has 0 aliphatic heterocycles. The molecular weight excluding hydrogens is 476 g/mol. The van der Waals surface area contributed by atoms with E-state index in [1.165, 1.54) is 7.11 Å². The first kappa shape index (κ1) is 28.1. The van der Waals surface area contributed by atoms with E-state index in [9.17, 15) is 19.5 Å². The summed E-state index contributed by atoms with van der Waals surface area (Å²) in [5, 5.41) is 14.6.